The zero-order valence-corrected chi connectivity index (χ0v) is 21.5. The molecule has 0 spiro atoms. The fraction of sp³-hybridized carbons (Fsp3) is 0.750. The Bertz CT molecular complexity index is 582. The van der Waals surface area contributed by atoms with Gasteiger partial charge in [-0.3, -0.25) is 18.7 Å². The van der Waals surface area contributed by atoms with Gasteiger partial charge < -0.3 is 21.7 Å². The molecule has 11 nitrogen and oxygen atoms in total. The zero-order chi connectivity index (χ0) is 20.8. The van der Waals surface area contributed by atoms with E-state index < -0.39 is 44.1 Å². The summed E-state index contributed by atoms with van der Waals surface area (Å²) in [6, 6.07) is 0. The van der Waals surface area contributed by atoms with Crippen LogP contribution >= 0.6 is 0 Å². The number of carboxylic acids is 2. The summed E-state index contributed by atoms with van der Waals surface area (Å²) in [5, 5.41) is 13.9. The van der Waals surface area contributed by atoms with Crippen LogP contribution in [0.2, 0.25) is 0 Å². The zero-order valence-electron chi connectivity index (χ0n) is 15.9. The maximum atomic E-state index is 10.2. The fourth-order valence-corrected chi connectivity index (χ4v) is 1.78. The Morgan fingerprint density at radius 3 is 1.56 bits per heavy atom. The number of aliphatic carboxylic acids is 2. The minimum absolute atomic E-state index is 0. The van der Waals surface area contributed by atoms with Crippen molar-refractivity contribution >= 4 is 32.5 Å². The van der Waals surface area contributed by atoms with Crippen molar-refractivity contribution in [3.05, 3.63) is 6.92 Å². The topological polar surface area (TPSA) is 206 Å². The molecule has 0 saturated carbocycles. The monoisotopic (exact) mass is 454 g/mol. The van der Waals surface area contributed by atoms with Gasteiger partial charge >= 0.3 is 71.1 Å². The molecule has 2 unspecified atom stereocenters. The molecule has 0 aromatic carbocycles. The largest absolute Gasteiger partial charge is 1.00 e. The van der Waals surface area contributed by atoms with Crippen LogP contribution in [0.3, 0.4) is 0 Å². The molecule has 2 atom stereocenters. The maximum Gasteiger partial charge on any atom is 1.00 e. The number of carboxylic acid groups (broad SMARTS) is 2. The van der Waals surface area contributed by atoms with Gasteiger partial charge in [-0.05, 0) is 0 Å². The van der Waals surface area contributed by atoms with Gasteiger partial charge in [0.1, 0.15) is 0 Å². The number of hydrogen-bond acceptors (Lipinski definition) is 7. The molecule has 0 aliphatic rings. The quantitative estimate of drug-likeness (QED) is 0.118. The van der Waals surface area contributed by atoms with Gasteiger partial charge in [0, 0.05) is 0 Å². The Balaban J connectivity index is -0.0000000941. The molecule has 0 saturated heterocycles. The van der Waals surface area contributed by atoms with Crippen LogP contribution in [0.5, 0.6) is 0 Å². The summed E-state index contributed by atoms with van der Waals surface area (Å²) in [5.41, 5.74) is 0. The third kappa shape index (κ3) is 38.0. The van der Waals surface area contributed by atoms with E-state index in [1.54, 1.807) is 0 Å². The van der Waals surface area contributed by atoms with Crippen molar-refractivity contribution in [3.8, 4) is 0 Å². The van der Waals surface area contributed by atoms with E-state index in [-0.39, 0.29) is 59.1 Å². The molecule has 152 valence electrons. The summed E-state index contributed by atoms with van der Waals surface area (Å²) < 4.78 is 61.5. The maximum absolute atomic E-state index is 10.2. The van der Waals surface area contributed by atoms with Gasteiger partial charge in [0.05, 0.1) is 6.42 Å². The Labute approximate surface area is 204 Å². The molecule has 15 heteroatoms. The molecule has 0 aromatic rings. The molecule has 0 amide bonds. The first-order chi connectivity index (χ1) is 11.1. The van der Waals surface area contributed by atoms with Gasteiger partial charge in [0.25, 0.3) is 10.1 Å². The smallest absolute Gasteiger partial charge is 0.726 e. The van der Waals surface area contributed by atoms with E-state index >= 15 is 0 Å². The normalized spacial score (nSPS) is 12.4. The van der Waals surface area contributed by atoms with Crippen molar-refractivity contribution in [2.75, 3.05) is 0 Å². The Morgan fingerprint density at radius 2 is 1.41 bits per heavy atom. The molecule has 4 N–H and O–H groups in total. The van der Waals surface area contributed by atoms with Crippen molar-refractivity contribution in [1.29, 1.82) is 0 Å². The van der Waals surface area contributed by atoms with Gasteiger partial charge in [0.2, 0.25) is 10.4 Å². The molecule has 0 radical (unpaired) electrons. The van der Waals surface area contributed by atoms with Crippen molar-refractivity contribution in [3.63, 3.8) is 0 Å². The minimum Gasteiger partial charge on any atom is -0.726 e. The molecule has 0 aromatic heterocycles. The molecule has 0 rings (SSSR count). The summed E-state index contributed by atoms with van der Waals surface area (Å²) in [4.78, 5) is 20.0. The van der Waals surface area contributed by atoms with E-state index in [4.69, 9.17) is 32.3 Å². The molecule has 0 aliphatic carbocycles. The van der Waals surface area contributed by atoms with Crippen LogP contribution < -0.4 is 59.1 Å². The van der Waals surface area contributed by atoms with E-state index in [1.165, 1.54) is 25.7 Å². The Morgan fingerprint density at radius 1 is 1.04 bits per heavy atom. The number of carbonyl (C=O) groups is 2. The summed E-state index contributed by atoms with van der Waals surface area (Å²) >= 11 is 0. The molecule has 0 aliphatic heterocycles. The third-order valence-corrected chi connectivity index (χ3v) is 3.63. The second-order valence-electron chi connectivity index (χ2n) is 4.78. The van der Waals surface area contributed by atoms with Gasteiger partial charge in [-0.25, -0.2) is 8.42 Å². The summed E-state index contributed by atoms with van der Waals surface area (Å²) in [7, 11) is -9.76. The van der Waals surface area contributed by atoms with E-state index in [9.17, 15) is 18.0 Å². The van der Waals surface area contributed by atoms with Gasteiger partial charge in [0.15, 0.2) is 5.25 Å². The van der Waals surface area contributed by atoms with Crippen LogP contribution in [0.4, 0.5) is 0 Å². The van der Waals surface area contributed by atoms with Crippen molar-refractivity contribution in [1.82, 2.24) is 0 Å². The molecular formula is C12H24Na2O11S2. The van der Waals surface area contributed by atoms with Crippen LogP contribution in [0.1, 0.15) is 46.0 Å². The summed E-state index contributed by atoms with van der Waals surface area (Å²) in [6.45, 7) is 8.42. The van der Waals surface area contributed by atoms with E-state index in [0.717, 1.165) is 0 Å². The summed E-state index contributed by atoms with van der Waals surface area (Å²) in [6.07, 6.45) is 4.05. The first-order valence-corrected chi connectivity index (χ1v) is 9.85. The van der Waals surface area contributed by atoms with Gasteiger partial charge in [-0.15, -0.1) is 0 Å². The molecule has 0 heterocycles. The average Bonchev–Trinajstić information content (AvgIpc) is 2.39. The Kier molecular flexibility index (Phi) is 28.4. The van der Waals surface area contributed by atoms with Crippen LogP contribution in [-0.2, 0) is 30.1 Å². The van der Waals surface area contributed by atoms with Crippen LogP contribution in [0, 0.1) is 12.8 Å². The van der Waals surface area contributed by atoms with Crippen LogP contribution in [0.15, 0.2) is 0 Å². The SMILES string of the molecule is O=C(O)CC(C(=O)O)S(=O)(=O)O.O=S(=O)([O-])O.[CH2-]C(CC)CCCC.[Na+].[Na+]. The first kappa shape index (κ1) is 38.3. The van der Waals surface area contributed by atoms with Crippen molar-refractivity contribution in [2.24, 2.45) is 5.92 Å². The third-order valence-electron chi connectivity index (χ3n) is 2.54. The van der Waals surface area contributed by atoms with Crippen LogP contribution in [0.25, 0.3) is 0 Å². The molecule has 0 bridgehead atoms. The Hall–Kier alpha value is 0.720. The van der Waals surface area contributed by atoms with Crippen molar-refractivity contribution < 1.29 is 109 Å². The minimum atomic E-state index is -4.92. The fourth-order valence-electron chi connectivity index (χ4n) is 1.18. The second-order valence-corrected chi connectivity index (χ2v) is 7.24. The molecule has 27 heavy (non-hydrogen) atoms. The first-order valence-electron chi connectivity index (χ1n) is 6.98. The number of rotatable bonds is 8. The van der Waals surface area contributed by atoms with Crippen LogP contribution in [-0.4, -0.2) is 57.9 Å². The molecular weight excluding hydrogens is 430 g/mol. The standard InChI is InChI=1S/C8H17.C4H6O7S.2Na.H2O4S/c1-4-6-7-8(3)5-2;5-3(6)1-2(4(7)8)12(9,10)11;;;1-5(2,3)4/h8H,3-7H2,1-2H3;2H,1H2,(H,5,6)(H,7,8)(H,9,10,11);;;(H2,1,2,3,4)/q-1;;2*+1;/p-1. The van der Waals surface area contributed by atoms with E-state index in [1.807, 2.05) is 0 Å². The average molecular weight is 454 g/mol. The predicted octanol–water partition coefficient (Wildman–Crippen LogP) is -5.15. The summed E-state index contributed by atoms with van der Waals surface area (Å²) in [5.74, 6) is -2.80. The van der Waals surface area contributed by atoms with Crippen molar-refractivity contribution in [2.45, 2.75) is 51.2 Å². The number of hydrogen-bond donors (Lipinski definition) is 4. The second kappa shape index (κ2) is 20.0. The molecule has 0 fully saturated rings. The number of unbranched alkanes of at least 4 members (excludes halogenated alkanes) is 1. The van der Waals surface area contributed by atoms with E-state index in [0.29, 0.717) is 5.92 Å². The van der Waals surface area contributed by atoms with Gasteiger partial charge in [-0.1, -0.05) is 39.5 Å². The van der Waals surface area contributed by atoms with E-state index in [2.05, 4.69) is 20.8 Å². The van der Waals surface area contributed by atoms with Gasteiger partial charge in [-0.2, -0.15) is 14.3 Å². The predicted molar refractivity (Wildman–Crippen MR) is 86.2 cm³/mol.